The number of fused-ring (bicyclic) bond motifs is 1. The van der Waals surface area contributed by atoms with E-state index in [9.17, 15) is 10.2 Å². The maximum atomic E-state index is 10.5. The molecule has 0 aliphatic rings. The lowest BCUT2D eigenvalue weighted by atomic mass is 10.0. The van der Waals surface area contributed by atoms with Crippen LogP contribution in [-0.2, 0) is 6.42 Å². The predicted molar refractivity (Wildman–Crippen MR) is 109 cm³/mol. The second kappa shape index (κ2) is 6.79. The molecule has 4 aromatic rings. The summed E-state index contributed by atoms with van der Waals surface area (Å²) in [5.41, 5.74) is 2.46. The van der Waals surface area contributed by atoms with Gasteiger partial charge in [0, 0.05) is 5.56 Å². The molecule has 1 heterocycles. The van der Waals surface area contributed by atoms with Gasteiger partial charge >= 0.3 is 0 Å². The molecule has 0 atom stereocenters. The summed E-state index contributed by atoms with van der Waals surface area (Å²) in [4.78, 5) is 0. The number of benzene rings is 3. The smallest absolute Gasteiger partial charge is 0.163 e. The van der Waals surface area contributed by atoms with Crippen molar-refractivity contribution in [2.24, 2.45) is 0 Å². The van der Waals surface area contributed by atoms with E-state index in [1.807, 2.05) is 49.4 Å². The summed E-state index contributed by atoms with van der Waals surface area (Å²) in [6, 6.07) is 15.6. The molecule has 0 aliphatic heterocycles. The molecule has 2 N–H and O–H groups in total. The minimum absolute atomic E-state index is 0.107. The Labute approximate surface area is 166 Å². The van der Waals surface area contributed by atoms with E-state index >= 15 is 0 Å². The molecule has 0 aliphatic carbocycles. The number of thiol groups is 1. The molecule has 136 valence electrons. The van der Waals surface area contributed by atoms with Crippen molar-refractivity contribution in [3.63, 3.8) is 0 Å². The van der Waals surface area contributed by atoms with Gasteiger partial charge in [0.05, 0.1) is 0 Å². The van der Waals surface area contributed by atoms with Gasteiger partial charge in [0.1, 0.15) is 27.2 Å². The van der Waals surface area contributed by atoms with Crippen LogP contribution in [-0.4, -0.2) is 25.2 Å². The fraction of sp³-hybridized carbons (Fsp3) is 0.100. The topological polar surface area (TPSA) is 71.2 Å². The summed E-state index contributed by atoms with van der Waals surface area (Å²) in [5.74, 6) is -0.385. The largest absolute Gasteiger partial charge is 0.506 e. The molecule has 0 bridgehead atoms. The minimum Gasteiger partial charge on any atom is -0.506 e. The first-order valence-electron chi connectivity index (χ1n) is 8.39. The zero-order chi connectivity index (χ0) is 19.1. The molecule has 0 fully saturated rings. The van der Waals surface area contributed by atoms with Crippen LogP contribution in [0.3, 0.4) is 0 Å². The fourth-order valence-corrected chi connectivity index (χ4v) is 3.68. The zero-order valence-electron chi connectivity index (χ0n) is 14.4. The third kappa shape index (κ3) is 2.81. The summed E-state index contributed by atoms with van der Waals surface area (Å²) in [7, 11) is 0. The molecular formula is C20H16ClN3O2S. The fourth-order valence-electron chi connectivity index (χ4n) is 3.21. The van der Waals surface area contributed by atoms with Crippen molar-refractivity contribution < 1.29 is 10.2 Å². The standard InChI is InChI=1S/C20H16ClN3O2S/c1-2-11-10-15(19(26)16(21)18(11)25)24-17(20(27)22-23-24)14-9-5-7-12-6-3-4-8-13(12)14/h3-10,25-27H,2H2,1H3. The Hall–Kier alpha value is -2.70. The quantitative estimate of drug-likeness (QED) is 0.425. The van der Waals surface area contributed by atoms with Gasteiger partial charge in [-0.3, -0.25) is 0 Å². The molecule has 4 rings (SSSR count). The molecule has 0 unspecified atom stereocenters. The first kappa shape index (κ1) is 17.7. The average molecular weight is 398 g/mol. The number of hydrogen-bond donors (Lipinski definition) is 3. The lowest BCUT2D eigenvalue weighted by Gasteiger charge is -2.14. The van der Waals surface area contributed by atoms with Crippen LogP contribution in [0.25, 0.3) is 27.7 Å². The van der Waals surface area contributed by atoms with Gasteiger partial charge in [-0.05, 0) is 28.8 Å². The highest BCUT2D eigenvalue weighted by atomic mass is 35.5. The van der Waals surface area contributed by atoms with Gasteiger partial charge in [-0.25, -0.2) is 4.68 Å². The summed E-state index contributed by atoms with van der Waals surface area (Å²) in [6.07, 6.45) is 0.546. The van der Waals surface area contributed by atoms with E-state index in [1.54, 1.807) is 6.07 Å². The number of hydrogen-bond acceptors (Lipinski definition) is 5. The van der Waals surface area contributed by atoms with E-state index in [1.165, 1.54) is 4.68 Å². The Morgan fingerprint density at radius 2 is 1.81 bits per heavy atom. The van der Waals surface area contributed by atoms with Crippen LogP contribution in [0, 0.1) is 0 Å². The third-order valence-electron chi connectivity index (χ3n) is 4.58. The van der Waals surface area contributed by atoms with Crippen molar-refractivity contribution >= 4 is 35.0 Å². The van der Waals surface area contributed by atoms with E-state index in [0.717, 1.165) is 16.3 Å². The number of halogens is 1. The van der Waals surface area contributed by atoms with Crippen LogP contribution >= 0.6 is 24.2 Å². The average Bonchev–Trinajstić information content (AvgIpc) is 3.07. The molecule has 0 saturated heterocycles. The summed E-state index contributed by atoms with van der Waals surface area (Å²) in [5, 5.41) is 31.3. The second-order valence-corrected chi connectivity index (χ2v) is 6.92. The minimum atomic E-state index is -0.258. The zero-order valence-corrected chi connectivity index (χ0v) is 16.0. The van der Waals surface area contributed by atoms with E-state index < -0.39 is 0 Å². The molecule has 5 nitrogen and oxygen atoms in total. The van der Waals surface area contributed by atoms with Gasteiger partial charge in [-0.2, -0.15) is 0 Å². The van der Waals surface area contributed by atoms with E-state index in [0.29, 0.717) is 28.4 Å². The first-order chi connectivity index (χ1) is 13.0. The van der Waals surface area contributed by atoms with Crippen molar-refractivity contribution in [1.29, 1.82) is 0 Å². The molecule has 7 heteroatoms. The van der Waals surface area contributed by atoms with Crippen molar-refractivity contribution in [2.45, 2.75) is 18.4 Å². The van der Waals surface area contributed by atoms with Crippen molar-refractivity contribution in [2.75, 3.05) is 0 Å². The summed E-state index contributed by atoms with van der Waals surface area (Å²) < 4.78 is 1.50. The molecular weight excluding hydrogens is 382 g/mol. The monoisotopic (exact) mass is 397 g/mol. The highest BCUT2D eigenvalue weighted by Gasteiger charge is 2.22. The number of phenolic OH excluding ortho intramolecular Hbond substituents is 2. The molecule has 0 spiro atoms. The van der Waals surface area contributed by atoms with Gasteiger partial charge < -0.3 is 10.2 Å². The molecule has 1 aromatic heterocycles. The molecule has 0 amide bonds. The van der Waals surface area contributed by atoms with E-state index in [2.05, 4.69) is 22.9 Å². The number of phenols is 2. The van der Waals surface area contributed by atoms with Gasteiger partial charge in [-0.15, -0.1) is 17.7 Å². The van der Waals surface area contributed by atoms with Crippen LogP contribution in [0.15, 0.2) is 53.6 Å². The number of aromatic hydroxyl groups is 2. The second-order valence-electron chi connectivity index (χ2n) is 6.12. The van der Waals surface area contributed by atoms with Crippen LogP contribution in [0.1, 0.15) is 12.5 Å². The number of nitrogens with zero attached hydrogens (tertiary/aromatic N) is 3. The predicted octanol–water partition coefficient (Wildman–Crippen LogP) is 5.00. The number of rotatable bonds is 3. The lowest BCUT2D eigenvalue weighted by Crippen LogP contribution is -2.02. The highest BCUT2D eigenvalue weighted by molar-refractivity contribution is 7.80. The first-order valence-corrected chi connectivity index (χ1v) is 9.22. The van der Waals surface area contributed by atoms with Gasteiger partial charge in [0.25, 0.3) is 0 Å². The Bertz CT molecular complexity index is 1170. The van der Waals surface area contributed by atoms with Crippen LogP contribution in [0.4, 0.5) is 0 Å². The summed E-state index contributed by atoms with van der Waals surface area (Å²) >= 11 is 10.6. The van der Waals surface area contributed by atoms with Crippen LogP contribution in [0.2, 0.25) is 5.02 Å². The van der Waals surface area contributed by atoms with Crippen LogP contribution < -0.4 is 0 Å². The maximum Gasteiger partial charge on any atom is 0.163 e. The van der Waals surface area contributed by atoms with Crippen molar-refractivity contribution in [3.8, 4) is 28.4 Å². The highest BCUT2D eigenvalue weighted by Crippen LogP contribution is 2.42. The van der Waals surface area contributed by atoms with E-state index in [-0.39, 0.29) is 16.5 Å². The van der Waals surface area contributed by atoms with Gasteiger partial charge in [0.2, 0.25) is 0 Å². The van der Waals surface area contributed by atoms with Crippen molar-refractivity contribution in [1.82, 2.24) is 15.0 Å². The molecule has 3 aromatic carbocycles. The van der Waals surface area contributed by atoms with Crippen LogP contribution in [0.5, 0.6) is 11.5 Å². The SMILES string of the molecule is CCc1cc(-n2nnc(S)c2-c2cccc3ccccc23)c(O)c(Cl)c1O. The Morgan fingerprint density at radius 3 is 2.59 bits per heavy atom. The van der Waals surface area contributed by atoms with E-state index in [4.69, 9.17) is 11.6 Å². The number of aryl methyl sites for hydroxylation is 1. The summed E-state index contributed by atoms with van der Waals surface area (Å²) in [6.45, 7) is 1.89. The normalized spacial score (nSPS) is 11.2. The number of aromatic nitrogens is 3. The maximum absolute atomic E-state index is 10.5. The third-order valence-corrected chi connectivity index (χ3v) is 5.24. The van der Waals surface area contributed by atoms with Gasteiger partial charge in [0.15, 0.2) is 5.75 Å². The molecule has 0 radical (unpaired) electrons. The van der Waals surface area contributed by atoms with Gasteiger partial charge in [-0.1, -0.05) is 66.2 Å². The Balaban J connectivity index is 2.03. The molecule has 0 saturated carbocycles. The Kier molecular flexibility index (Phi) is 4.45. The van der Waals surface area contributed by atoms with Crippen molar-refractivity contribution in [3.05, 3.63) is 59.1 Å². The molecule has 27 heavy (non-hydrogen) atoms. The Morgan fingerprint density at radius 1 is 1.07 bits per heavy atom. The lowest BCUT2D eigenvalue weighted by molar-refractivity contribution is 0.444.